The van der Waals surface area contributed by atoms with Crippen molar-refractivity contribution in [2.75, 3.05) is 7.11 Å². The molecule has 4 heteroatoms. The molecule has 0 amide bonds. The van der Waals surface area contributed by atoms with Crippen molar-refractivity contribution in [2.45, 2.75) is 0 Å². The number of aromatic carboxylic acids is 1. The number of fused-ring (bicyclic) bond motifs is 1. The van der Waals surface area contributed by atoms with Crippen LogP contribution in [-0.2, 0) is 0 Å². The van der Waals surface area contributed by atoms with Crippen LogP contribution in [0.3, 0.4) is 0 Å². The van der Waals surface area contributed by atoms with Gasteiger partial charge in [-0.3, -0.25) is 0 Å². The fourth-order valence-corrected chi connectivity index (χ4v) is 2.25. The molecular formula is C16H12O4. The summed E-state index contributed by atoms with van der Waals surface area (Å²) >= 11 is 0. The molecule has 0 saturated heterocycles. The first-order valence-corrected chi connectivity index (χ1v) is 6.10. The van der Waals surface area contributed by atoms with Crippen LogP contribution in [0.5, 0.6) is 5.75 Å². The van der Waals surface area contributed by atoms with Gasteiger partial charge in [0.2, 0.25) is 5.76 Å². The van der Waals surface area contributed by atoms with E-state index in [-0.39, 0.29) is 5.76 Å². The molecule has 3 rings (SSSR count). The molecule has 0 unspecified atom stereocenters. The van der Waals surface area contributed by atoms with Crippen LogP contribution in [0.4, 0.5) is 0 Å². The Bertz CT molecular complexity index is 786. The third-order valence-corrected chi connectivity index (χ3v) is 3.15. The van der Waals surface area contributed by atoms with Crippen molar-refractivity contribution in [2.24, 2.45) is 0 Å². The number of hydrogen-bond acceptors (Lipinski definition) is 3. The van der Waals surface area contributed by atoms with E-state index in [1.807, 2.05) is 42.5 Å². The van der Waals surface area contributed by atoms with Gasteiger partial charge in [0.05, 0.1) is 7.11 Å². The van der Waals surface area contributed by atoms with Crippen molar-refractivity contribution in [3.8, 4) is 16.9 Å². The van der Waals surface area contributed by atoms with Gasteiger partial charge in [-0.1, -0.05) is 36.4 Å². The van der Waals surface area contributed by atoms with Crippen LogP contribution >= 0.6 is 0 Å². The summed E-state index contributed by atoms with van der Waals surface area (Å²) in [7, 11) is 1.60. The highest BCUT2D eigenvalue weighted by Gasteiger charge is 2.15. The summed E-state index contributed by atoms with van der Waals surface area (Å²) in [5.41, 5.74) is 2.23. The molecule has 1 heterocycles. The van der Waals surface area contributed by atoms with Crippen molar-refractivity contribution < 1.29 is 19.1 Å². The van der Waals surface area contributed by atoms with E-state index in [0.717, 1.165) is 16.5 Å². The number of furan rings is 1. The molecule has 1 N–H and O–H groups in total. The average Bonchev–Trinajstić information content (AvgIpc) is 2.91. The molecule has 0 aliphatic carbocycles. The Labute approximate surface area is 115 Å². The van der Waals surface area contributed by atoms with Gasteiger partial charge >= 0.3 is 5.97 Å². The van der Waals surface area contributed by atoms with Crippen molar-refractivity contribution in [1.29, 1.82) is 0 Å². The predicted molar refractivity (Wildman–Crippen MR) is 75.2 cm³/mol. The first-order valence-electron chi connectivity index (χ1n) is 6.10. The molecule has 0 fully saturated rings. The molecule has 0 saturated carbocycles. The Morgan fingerprint density at radius 1 is 1.10 bits per heavy atom. The van der Waals surface area contributed by atoms with Gasteiger partial charge in [0.1, 0.15) is 11.3 Å². The maximum atomic E-state index is 11.0. The van der Waals surface area contributed by atoms with Crippen molar-refractivity contribution in [1.82, 2.24) is 0 Å². The Kier molecular flexibility index (Phi) is 2.91. The molecule has 0 bridgehead atoms. The molecule has 0 aliphatic heterocycles. The SMILES string of the molecule is COc1ccccc1-c1cccc2cc(C(=O)O)oc12. The van der Waals surface area contributed by atoms with Gasteiger partial charge in [0, 0.05) is 16.5 Å². The molecule has 0 aliphatic rings. The zero-order chi connectivity index (χ0) is 14.1. The van der Waals surface area contributed by atoms with E-state index >= 15 is 0 Å². The second-order valence-electron chi connectivity index (χ2n) is 4.34. The number of methoxy groups -OCH3 is 1. The van der Waals surface area contributed by atoms with Crippen molar-refractivity contribution in [3.05, 3.63) is 54.3 Å². The summed E-state index contributed by atoms with van der Waals surface area (Å²) in [5.74, 6) is -0.428. The summed E-state index contributed by atoms with van der Waals surface area (Å²) in [6.07, 6.45) is 0. The number of carboxylic acids is 1. The summed E-state index contributed by atoms with van der Waals surface area (Å²) in [4.78, 5) is 11.0. The molecule has 2 aromatic carbocycles. The number of rotatable bonds is 3. The number of para-hydroxylation sites is 2. The van der Waals surface area contributed by atoms with E-state index in [9.17, 15) is 4.79 Å². The van der Waals surface area contributed by atoms with Gasteiger partial charge in [-0.2, -0.15) is 0 Å². The van der Waals surface area contributed by atoms with Gasteiger partial charge in [-0.25, -0.2) is 4.79 Å². The van der Waals surface area contributed by atoms with E-state index in [0.29, 0.717) is 11.3 Å². The average molecular weight is 268 g/mol. The molecule has 0 atom stereocenters. The Balaban J connectivity index is 2.28. The number of carboxylic acid groups (broad SMARTS) is 1. The summed E-state index contributed by atoms with van der Waals surface area (Å²) in [6, 6.07) is 14.7. The standard InChI is InChI=1S/C16H12O4/c1-19-13-8-3-2-6-11(13)12-7-4-5-10-9-14(16(17)18)20-15(10)12/h2-9H,1H3,(H,17,18). The Morgan fingerprint density at radius 2 is 1.85 bits per heavy atom. The minimum Gasteiger partial charge on any atom is -0.496 e. The summed E-state index contributed by atoms with van der Waals surface area (Å²) < 4.78 is 10.8. The van der Waals surface area contributed by atoms with Gasteiger partial charge < -0.3 is 14.3 Å². The van der Waals surface area contributed by atoms with Gasteiger partial charge in [-0.05, 0) is 12.1 Å². The van der Waals surface area contributed by atoms with E-state index < -0.39 is 5.97 Å². The lowest BCUT2D eigenvalue weighted by molar-refractivity contribution is 0.0665. The quantitative estimate of drug-likeness (QED) is 0.784. The first kappa shape index (κ1) is 12.3. The van der Waals surface area contributed by atoms with E-state index in [2.05, 4.69) is 0 Å². The van der Waals surface area contributed by atoms with E-state index in [4.69, 9.17) is 14.3 Å². The normalized spacial score (nSPS) is 10.7. The molecular weight excluding hydrogens is 256 g/mol. The fraction of sp³-hybridized carbons (Fsp3) is 0.0625. The monoisotopic (exact) mass is 268 g/mol. The van der Waals surface area contributed by atoms with Crippen LogP contribution in [0.1, 0.15) is 10.6 Å². The van der Waals surface area contributed by atoms with E-state index in [1.165, 1.54) is 6.07 Å². The number of ether oxygens (including phenoxy) is 1. The first-order chi connectivity index (χ1) is 9.70. The van der Waals surface area contributed by atoms with Crippen LogP contribution in [0.15, 0.2) is 52.9 Å². The smallest absolute Gasteiger partial charge is 0.371 e. The second-order valence-corrected chi connectivity index (χ2v) is 4.34. The maximum absolute atomic E-state index is 11.0. The third-order valence-electron chi connectivity index (χ3n) is 3.15. The molecule has 4 nitrogen and oxygen atoms in total. The van der Waals surface area contributed by atoms with E-state index in [1.54, 1.807) is 7.11 Å². The highest BCUT2D eigenvalue weighted by Crippen LogP contribution is 2.36. The molecule has 1 aromatic heterocycles. The van der Waals surface area contributed by atoms with Crippen molar-refractivity contribution >= 4 is 16.9 Å². The number of hydrogen-bond donors (Lipinski definition) is 1. The van der Waals surface area contributed by atoms with Crippen LogP contribution < -0.4 is 4.74 Å². The summed E-state index contributed by atoms with van der Waals surface area (Å²) in [6.45, 7) is 0. The van der Waals surface area contributed by atoms with Crippen LogP contribution in [0.2, 0.25) is 0 Å². The highest BCUT2D eigenvalue weighted by atomic mass is 16.5. The maximum Gasteiger partial charge on any atom is 0.371 e. The third kappa shape index (κ3) is 1.91. The number of carbonyl (C=O) groups is 1. The highest BCUT2D eigenvalue weighted by molar-refractivity contribution is 5.98. The molecule has 0 radical (unpaired) electrons. The lowest BCUT2D eigenvalue weighted by Crippen LogP contribution is -1.91. The Hall–Kier alpha value is -2.75. The topological polar surface area (TPSA) is 59.7 Å². The largest absolute Gasteiger partial charge is 0.496 e. The summed E-state index contributed by atoms with van der Waals surface area (Å²) in [5, 5.41) is 9.79. The van der Waals surface area contributed by atoms with Crippen molar-refractivity contribution in [3.63, 3.8) is 0 Å². The zero-order valence-corrected chi connectivity index (χ0v) is 10.8. The molecule has 20 heavy (non-hydrogen) atoms. The predicted octanol–water partition coefficient (Wildman–Crippen LogP) is 3.81. The van der Waals surface area contributed by atoms with Gasteiger partial charge in [-0.15, -0.1) is 0 Å². The minimum absolute atomic E-state index is 0.0673. The molecule has 0 spiro atoms. The minimum atomic E-state index is -1.08. The number of benzene rings is 2. The van der Waals surface area contributed by atoms with Crippen LogP contribution in [-0.4, -0.2) is 18.2 Å². The fourth-order valence-electron chi connectivity index (χ4n) is 2.25. The second kappa shape index (κ2) is 4.74. The lowest BCUT2D eigenvalue weighted by atomic mass is 10.0. The zero-order valence-electron chi connectivity index (χ0n) is 10.8. The molecule has 3 aromatic rings. The van der Waals surface area contributed by atoms with Gasteiger partial charge in [0.15, 0.2) is 0 Å². The van der Waals surface area contributed by atoms with Crippen LogP contribution in [0.25, 0.3) is 22.1 Å². The molecule has 100 valence electrons. The van der Waals surface area contributed by atoms with Crippen LogP contribution in [0, 0.1) is 0 Å². The van der Waals surface area contributed by atoms with Gasteiger partial charge in [0.25, 0.3) is 0 Å². The lowest BCUT2D eigenvalue weighted by Gasteiger charge is -2.08. The Morgan fingerprint density at radius 3 is 2.60 bits per heavy atom.